The largest absolute Gasteiger partial charge is 0.508 e. The fraction of sp³-hybridized carbons (Fsp3) is 0.133. The average molecular weight is 288 g/mol. The number of ether oxygens (including phenoxy) is 1. The van der Waals surface area contributed by atoms with Gasteiger partial charge in [-0.15, -0.1) is 0 Å². The quantitative estimate of drug-likeness (QED) is 0.599. The summed E-state index contributed by atoms with van der Waals surface area (Å²) >= 11 is 0. The minimum atomic E-state index is -0.718. The standard InChI is InChI=1S/C15H12O6/c16-8-1-2-9-10(17)6-13(21-14(9)5-8)7-3-11(18)15(20)12(19)4-7/h1-5,13,16,18-20H,6H2. The van der Waals surface area contributed by atoms with Crippen molar-refractivity contribution in [3.8, 4) is 28.7 Å². The first-order valence-corrected chi connectivity index (χ1v) is 6.23. The van der Waals surface area contributed by atoms with E-state index in [4.69, 9.17) is 4.74 Å². The van der Waals surface area contributed by atoms with Crippen LogP contribution in [-0.4, -0.2) is 26.2 Å². The molecule has 108 valence electrons. The maximum atomic E-state index is 12.1. The monoisotopic (exact) mass is 288 g/mol. The number of benzene rings is 2. The van der Waals surface area contributed by atoms with Gasteiger partial charge in [-0.3, -0.25) is 4.79 Å². The summed E-state index contributed by atoms with van der Waals surface area (Å²) in [6.07, 6.45) is -0.689. The Morgan fingerprint density at radius 2 is 1.67 bits per heavy atom. The molecule has 1 unspecified atom stereocenters. The number of carbonyl (C=O) groups is 1. The maximum Gasteiger partial charge on any atom is 0.200 e. The molecule has 1 aliphatic rings. The van der Waals surface area contributed by atoms with Gasteiger partial charge < -0.3 is 25.2 Å². The third-order valence-electron chi connectivity index (χ3n) is 3.37. The molecule has 0 aliphatic carbocycles. The highest BCUT2D eigenvalue weighted by atomic mass is 16.5. The molecule has 1 aliphatic heterocycles. The molecule has 6 heteroatoms. The Morgan fingerprint density at radius 1 is 1.00 bits per heavy atom. The topological polar surface area (TPSA) is 107 Å². The van der Waals surface area contributed by atoms with Gasteiger partial charge in [0.15, 0.2) is 23.0 Å². The van der Waals surface area contributed by atoms with Crippen molar-refractivity contribution in [1.29, 1.82) is 0 Å². The number of aromatic hydroxyl groups is 4. The second-order valence-corrected chi connectivity index (χ2v) is 4.82. The van der Waals surface area contributed by atoms with Crippen LogP contribution in [-0.2, 0) is 0 Å². The van der Waals surface area contributed by atoms with Gasteiger partial charge in [-0.2, -0.15) is 0 Å². The molecule has 4 N–H and O–H groups in total. The number of ketones is 1. The Kier molecular flexibility index (Phi) is 2.86. The zero-order valence-electron chi connectivity index (χ0n) is 10.8. The van der Waals surface area contributed by atoms with Crippen molar-refractivity contribution in [3.63, 3.8) is 0 Å². The number of hydrogen-bond donors (Lipinski definition) is 4. The lowest BCUT2D eigenvalue weighted by Gasteiger charge is -2.25. The van der Waals surface area contributed by atoms with Crippen LogP contribution in [0, 0.1) is 0 Å². The zero-order valence-corrected chi connectivity index (χ0v) is 10.8. The summed E-state index contributed by atoms with van der Waals surface area (Å²) in [7, 11) is 0. The fourth-order valence-electron chi connectivity index (χ4n) is 2.31. The van der Waals surface area contributed by atoms with Crippen LogP contribution in [0.3, 0.4) is 0 Å². The SMILES string of the molecule is O=C1CC(c2cc(O)c(O)c(O)c2)Oc2cc(O)ccc21. The highest BCUT2D eigenvalue weighted by Gasteiger charge is 2.29. The van der Waals surface area contributed by atoms with E-state index in [0.717, 1.165) is 0 Å². The molecule has 2 aromatic carbocycles. The predicted octanol–water partition coefficient (Wildman–Crippen LogP) is 2.22. The van der Waals surface area contributed by atoms with E-state index in [-0.39, 0.29) is 23.7 Å². The van der Waals surface area contributed by atoms with E-state index in [1.807, 2.05) is 0 Å². The zero-order chi connectivity index (χ0) is 15.1. The first kappa shape index (κ1) is 13.1. The summed E-state index contributed by atoms with van der Waals surface area (Å²) in [6, 6.07) is 6.66. The van der Waals surface area contributed by atoms with E-state index in [9.17, 15) is 25.2 Å². The third-order valence-corrected chi connectivity index (χ3v) is 3.37. The van der Waals surface area contributed by atoms with Crippen molar-refractivity contribution in [2.24, 2.45) is 0 Å². The number of Topliss-reactive ketones (excluding diaryl/α,β-unsaturated/α-hetero) is 1. The number of rotatable bonds is 1. The van der Waals surface area contributed by atoms with Crippen LogP contribution in [0.5, 0.6) is 28.7 Å². The highest BCUT2D eigenvalue weighted by molar-refractivity contribution is 6.00. The summed E-state index contributed by atoms with van der Waals surface area (Å²) < 4.78 is 5.63. The molecule has 0 amide bonds. The molecule has 0 bridgehead atoms. The van der Waals surface area contributed by atoms with Crippen molar-refractivity contribution in [2.75, 3.05) is 0 Å². The lowest BCUT2D eigenvalue weighted by molar-refractivity contribution is 0.0848. The van der Waals surface area contributed by atoms with Gasteiger partial charge in [-0.1, -0.05) is 0 Å². The molecular weight excluding hydrogens is 276 g/mol. The molecular formula is C15H12O6. The fourth-order valence-corrected chi connectivity index (χ4v) is 2.31. The normalized spacial score (nSPS) is 17.1. The molecule has 21 heavy (non-hydrogen) atoms. The van der Waals surface area contributed by atoms with Crippen molar-refractivity contribution in [1.82, 2.24) is 0 Å². The van der Waals surface area contributed by atoms with Gasteiger partial charge >= 0.3 is 0 Å². The molecule has 0 fully saturated rings. The Labute approximate surface area is 119 Å². The molecule has 3 rings (SSSR count). The molecule has 2 aromatic rings. The molecule has 0 saturated carbocycles. The number of phenolic OH excluding ortho intramolecular Hbond substituents is 4. The second-order valence-electron chi connectivity index (χ2n) is 4.82. The smallest absolute Gasteiger partial charge is 0.200 e. The first-order chi connectivity index (χ1) is 9.95. The van der Waals surface area contributed by atoms with Crippen LogP contribution in [0.4, 0.5) is 0 Å². The van der Waals surface area contributed by atoms with Gasteiger partial charge in [0.25, 0.3) is 0 Å². The van der Waals surface area contributed by atoms with Crippen LogP contribution >= 0.6 is 0 Å². The Morgan fingerprint density at radius 3 is 2.33 bits per heavy atom. The van der Waals surface area contributed by atoms with E-state index >= 15 is 0 Å². The minimum absolute atomic E-state index is 0.0291. The Hall–Kier alpha value is -2.89. The van der Waals surface area contributed by atoms with Crippen molar-refractivity contribution >= 4 is 5.78 Å². The van der Waals surface area contributed by atoms with Gasteiger partial charge in [0, 0.05) is 11.6 Å². The minimum Gasteiger partial charge on any atom is -0.508 e. The number of phenols is 4. The third kappa shape index (κ3) is 2.20. The molecule has 0 spiro atoms. The summed E-state index contributed by atoms with van der Waals surface area (Å²) in [6.45, 7) is 0. The number of hydrogen-bond acceptors (Lipinski definition) is 6. The first-order valence-electron chi connectivity index (χ1n) is 6.23. The molecule has 0 radical (unpaired) electrons. The average Bonchev–Trinajstić information content (AvgIpc) is 2.43. The highest BCUT2D eigenvalue weighted by Crippen LogP contribution is 2.42. The maximum absolute atomic E-state index is 12.1. The summed E-state index contributed by atoms with van der Waals surface area (Å²) in [4.78, 5) is 12.1. The van der Waals surface area contributed by atoms with E-state index in [2.05, 4.69) is 0 Å². The van der Waals surface area contributed by atoms with Crippen LogP contribution in [0.25, 0.3) is 0 Å². The van der Waals surface area contributed by atoms with Crippen molar-refractivity contribution < 1.29 is 30.0 Å². The van der Waals surface area contributed by atoms with E-state index in [1.165, 1.54) is 30.3 Å². The molecule has 1 heterocycles. The second kappa shape index (κ2) is 4.59. The van der Waals surface area contributed by atoms with Crippen LogP contribution in [0.2, 0.25) is 0 Å². The lowest BCUT2D eigenvalue weighted by atomic mass is 9.96. The van der Waals surface area contributed by atoms with Gasteiger partial charge in [-0.05, 0) is 24.3 Å². The van der Waals surface area contributed by atoms with Crippen LogP contribution in [0.1, 0.15) is 28.4 Å². The van der Waals surface area contributed by atoms with E-state index in [1.54, 1.807) is 0 Å². The van der Waals surface area contributed by atoms with E-state index in [0.29, 0.717) is 11.1 Å². The van der Waals surface area contributed by atoms with Gasteiger partial charge in [-0.25, -0.2) is 0 Å². The molecule has 0 aromatic heterocycles. The molecule has 1 atom stereocenters. The van der Waals surface area contributed by atoms with Gasteiger partial charge in [0.1, 0.15) is 17.6 Å². The molecule has 6 nitrogen and oxygen atoms in total. The summed E-state index contributed by atoms with van der Waals surface area (Å²) in [5.74, 6) is -1.58. The predicted molar refractivity (Wildman–Crippen MR) is 71.9 cm³/mol. The van der Waals surface area contributed by atoms with Crippen LogP contribution in [0.15, 0.2) is 30.3 Å². The molecule has 0 saturated heterocycles. The lowest BCUT2D eigenvalue weighted by Crippen LogP contribution is -2.20. The van der Waals surface area contributed by atoms with Gasteiger partial charge in [0.2, 0.25) is 0 Å². The number of fused-ring (bicyclic) bond motifs is 1. The van der Waals surface area contributed by atoms with E-state index < -0.39 is 23.4 Å². The summed E-state index contributed by atoms with van der Waals surface area (Å²) in [5.41, 5.74) is 0.724. The van der Waals surface area contributed by atoms with Crippen molar-refractivity contribution in [3.05, 3.63) is 41.5 Å². The Bertz CT molecular complexity index is 714. The summed E-state index contributed by atoms with van der Waals surface area (Å²) in [5, 5.41) is 37.8. The van der Waals surface area contributed by atoms with Crippen LogP contribution < -0.4 is 4.74 Å². The van der Waals surface area contributed by atoms with Crippen molar-refractivity contribution in [2.45, 2.75) is 12.5 Å². The number of carbonyl (C=O) groups excluding carboxylic acids is 1. The Balaban J connectivity index is 2.01. The van der Waals surface area contributed by atoms with Gasteiger partial charge in [0.05, 0.1) is 12.0 Å².